The number of fused-ring (bicyclic) bond motifs is 1. The fourth-order valence-corrected chi connectivity index (χ4v) is 4.50. The molecule has 3 aromatic rings. The van der Waals surface area contributed by atoms with Gasteiger partial charge in [0.25, 0.3) is 5.91 Å². The van der Waals surface area contributed by atoms with Crippen LogP contribution >= 0.6 is 11.6 Å². The van der Waals surface area contributed by atoms with Crippen LogP contribution in [0.15, 0.2) is 78.9 Å². The molecule has 3 aromatic carbocycles. The van der Waals surface area contributed by atoms with Crippen LogP contribution in [-0.2, 0) is 4.79 Å². The lowest BCUT2D eigenvalue weighted by Crippen LogP contribution is -2.31. The third-order valence-electron chi connectivity index (χ3n) is 6.51. The van der Waals surface area contributed by atoms with Crippen LogP contribution in [0.1, 0.15) is 43.1 Å². The maximum atomic E-state index is 13.2. The normalized spacial score (nSPS) is 12.6. The molecule has 1 heterocycles. The minimum Gasteiger partial charge on any atom is -0.357 e. The molecule has 37 heavy (non-hydrogen) atoms. The van der Waals surface area contributed by atoms with Crippen LogP contribution < -0.4 is 10.2 Å². The number of halogens is 1. The van der Waals surface area contributed by atoms with Crippen molar-refractivity contribution in [1.29, 1.82) is 0 Å². The molecule has 0 aliphatic carbocycles. The first-order valence-electron chi connectivity index (χ1n) is 12.8. The van der Waals surface area contributed by atoms with Crippen LogP contribution in [-0.4, -0.2) is 49.9 Å². The van der Waals surface area contributed by atoms with Crippen molar-refractivity contribution < 1.29 is 9.59 Å². The number of amides is 2. The summed E-state index contributed by atoms with van der Waals surface area (Å²) in [6.07, 6.45) is 3.73. The first-order valence-corrected chi connectivity index (χ1v) is 13.2. The number of benzene rings is 3. The van der Waals surface area contributed by atoms with E-state index in [1.807, 2.05) is 65.6 Å². The zero-order valence-corrected chi connectivity index (χ0v) is 22.7. The second-order valence-electron chi connectivity index (χ2n) is 8.84. The average Bonchev–Trinajstić information content (AvgIpc) is 3.10. The van der Waals surface area contributed by atoms with Gasteiger partial charge in [-0.1, -0.05) is 74.0 Å². The molecule has 0 aromatic heterocycles. The summed E-state index contributed by atoms with van der Waals surface area (Å²) >= 11 is 6.18. The monoisotopic (exact) mass is 517 g/mol. The van der Waals surface area contributed by atoms with E-state index in [1.54, 1.807) is 0 Å². The Morgan fingerprint density at radius 3 is 2.32 bits per heavy atom. The predicted molar refractivity (Wildman–Crippen MR) is 155 cm³/mol. The Morgan fingerprint density at radius 1 is 1.00 bits per heavy atom. The van der Waals surface area contributed by atoms with Crippen LogP contribution in [0.5, 0.6) is 0 Å². The zero-order chi connectivity index (χ0) is 26.6. The van der Waals surface area contributed by atoms with Gasteiger partial charge < -0.3 is 15.1 Å². The third kappa shape index (κ3) is 7.78. The fraction of sp³-hybridized carbons (Fsp3) is 0.290. The van der Waals surface area contributed by atoms with Gasteiger partial charge in [0.1, 0.15) is 0 Å². The number of nitrogens with zero attached hydrogens (tertiary/aromatic N) is 2. The number of hydrogen-bond donors (Lipinski definition) is 1. The molecule has 0 saturated carbocycles. The summed E-state index contributed by atoms with van der Waals surface area (Å²) in [6, 6.07) is 23.7. The van der Waals surface area contributed by atoms with Gasteiger partial charge in [-0.05, 0) is 73.5 Å². The predicted octanol–water partition coefficient (Wildman–Crippen LogP) is 6.54. The van der Waals surface area contributed by atoms with E-state index in [4.69, 9.17) is 11.6 Å². The lowest BCUT2D eigenvalue weighted by Gasteiger charge is -2.24. The SMILES string of the molecule is CC1=CCCN(C(=O)c2ccc(-c3ccccc3)cc2)c2ccc(Cl)cc21.CCN(CC)CCNC=O. The first-order chi connectivity index (χ1) is 18.0. The fourth-order valence-electron chi connectivity index (χ4n) is 4.32. The van der Waals surface area contributed by atoms with Gasteiger partial charge in [0, 0.05) is 35.8 Å². The van der Waals surface area contributed by atoms with Crippen LogP contribution in [0.4, 0.5) is 5.69 Å². The van der Waals surface area contributed by atoms with Crippen molar-refractivity contribution in [1.82, 2.24) is 10.2 Å². The maximum absolute atomic E-state index is 13.2. The first kappa shape index (κ1) is 28.2. The van der Waals surface area contributed by atoms with Crippen LogP contribution in [0, 0.1) is 0 Å². The largest absolute Gasteiger partial charge is 0.357 e. The van der Waals surface area contributed by atoms with Gasteiger partial charge in [-0.25, -0.2) is 0 Å². The Balaban J connectivity index is 0.000000325. The molecule has 2 amide bonds. The number of nitrogens with one attached hydrogen (secondary N) is 1. The highest BCUT2D eigenvalue weighted by atomic mass is 35.5. The highest BCUT2D eigenvalue weighted by molar-refractivity contribution is 6.31. The molecule has 0 radical (unpaired) electrons. The minimum absolute atomic E-state index is 0.0151. The highest BCUT2D eigenvalue weighted by Gasteiger charge is 2.22. The molecule has 0 fully saturated rings. The van der Waals surface area contributed by atoms with Gasteiger partial charge in [-0.15, -0.1) is 0 Å². The lowest BCUT2D eigenvalue weighted by atomic mass is 10.0. The van der Waals surface area contributed by atoms with Crippen molar-refractivity contribution in [2.75, 3.05) is 37.6 Å². The number of rotatable bonds is 8. The lowest BCUT2D eigenvalue weighted by molar-refractivity contribution is -0.109. The molecule has 0 spiro atoms. The molecule has 5 nitrogen and oxygen atoms in total. The van der Waals surface area contributed by atoms with Crippen molar-refractivity contribution in [3.63, 3.8) is 0 Å². The Bertz CT molecular complexity index is 1190. The van der Waals surface area contributed by atoms with Crippen molar-refractivity contribution in [2.24, 2.45) is 0 Å². The van der Waals surface area contributed by atoms with Crippen LogP contribution in [0.3, 0.4) is 0 Å². The minimum atomic E-state index is 0.0151. The van der Waals surface area contributed by atoms with E-state index < -0.39 is 0 Å². The Kier molecular flexibility index (Phi) is 10.9. The van der Waals surface area contributed by atoms with Gasteiger partial charge >= 0.3 is 0 Å². The van der Waals surface area contributed by atoms with Crippen LogP contribution in [0.2, 0.25) is 5.02 Å². The summed E-state index contributed by atoms with van der Waals surface area (Å²) in [4.78, 5) is 27.2. The number of carbonyl (C=O) groups excluding carboxylic acids is 2. The topological polar surface area (TPSA) is 52.7 Å². The van der Waals surface area contributed by atoms with E-state index in [9.17, 15) is 9.59 Å². The van der Waals surface area contributed by atoms with Crippen molar-refractivity contribution in [2.45, 2.75) is 27.2 Å². The number of hydrogen-bond acceptors (Lipinski definition) is 3. The molecule has 0 saturated heterocycles. The molecule has 6 heteroatoms. The van der Waals surface area contributed by atoms with Crippen molar-refractivity contribution >= 4 is 35.2 Å². The zero-order valence-electron chi connectivity index (χ0n) is 21.9. The van der Waals surface area contributed by atoms with Crippen molar-refractivity contribution in [3.05, 3.63) is 95.0 Å². The quantitative estimate of drug-likeness (QED) is 0.273. The maximum Gasteiger partial charge on any atom is 0.258 e. The van der Waals surface area contributed by atoms with E-state index >= 15 is 0 Å². The molecule has 0 unspecified atom stereocenters. The summed E-state index contributed by atoms with van der Waals surface area (Å²) < 4.78 is 0. The second-order valence-corrected chi connectivity index (χ2v) is 9.27. The van der Waals surface area contributed by atoms with Gasteiger partial charge in [0.15, 0.2) is 0 Å². The van der Waals surface area contributed by atoms with E-state index in [0.717, 1.165) is 67.0 Å². The smallest absolute Gasteiger partial charge is 0.258 e. The molecule has 4 rings (SSSR count). The summed E-state index contributed by atoms with van der Waals surface area (Å²) in [5, 5.41) is 3.31. The number of anilines is 1. The third-order valence-corrected chi connectivity index (χ3v) is 6.75. The molecule has 1 aliphatic rings. The van der Waals surface area contributed by atoms with Gasteiger partial charge in [-0.2, -0.15) is 0 Å². The average molecular weight is 518 g/mol. The Hall–Kier alpha value is -3.41. The van der Waals surface area contributed by atoms with E-state index in [1.165, 1.54) is 0 Å². The standard InChI is InChI=1S/C24H20ClNO.C7H16N2O/c1-17-6-5-15-26(23-14-13-21(25)16-22(17)23)24(27)20-11-9-19(10-12-20)18-7-3-2-4-8-18;1-3-9(4-2)6-5-8-7-10/h2-4,6-14,16H,5,15H2,1H3;7H,3-6H2,1-2H3,(H,8,10). The van der Waals surface area contributed by atoms with Gasteiger partial charge in [0.2, 0.25) is 6.41 Å². The molecule has 1 aliphatic heterocycles. The summed E-state index contributed by atoms with van der Waals surface area (Å²) in [5.41, 5.74) is 6.04. The number of likely N-dealkylation sites (N-methyl/N-ethyl adjacent to an activating group) is 1. The summed E-state index contributed by atoms with van der Waals surface area (Å²) in [5.74, 6) is 0.0151. The molecule has 1 N–H and O–H groups in total. The van der Waals surface area contributed by atoms with Gasteiger partial charge in [0.05, 0.1) is 5.69 Å². The molecule has 0 atom stereocenters. The van der Waals surface area contributed by atoms with Crippen LogP contribution in [0.25, 0.3) is 16.7 Å². The number of carbonyl (C=O) groups is 2. The van der Waals surface area contributed by atoms with E-state index in [0.29, 0.717) is 17.1 Å². The molecular formula is C31H36ClN3O2. The van der Waals surface area contributed by atoms with Crippen molar-refractivity contribution in [3.8, 4) is 11.1 Å². The Labute approximate surface area is 225 Å². The number of allylic oxidation sites excluding steroid dienone is 1. The molecule has 0 bridgehead atoms. The summed E-state index contributed by atoms with van der Waals surface area (Å²) in [7, 11) is 0. The molecule has 194 valence electrons. The molecular weight excluding hydrogens is 482 g/mol. The van der Waals surface area contributed by atoms with E-state index in [-0.39, 0.29) is 5.91 Å². The Morgan fingerprint density at radius 2 is 1.68 bits per heavy atom. The highest BCUT2D eigenvalue weighted by Crippen LogP contribution is 2.33. The summed E-state index contributed by atoms with van der Waals surface area (Å²) in [6.45, 7) is 10.8. The van der Waals surface area contributed by atoms with Gasteiger partial charge in [-0.3, -0.25) is 9.59 Å². The van der Waals surface area contributed by atoms with E-state index in [2.05, 4.69) is 49.2 Å². The second kappa shape index (κ2) is 14.4.